The molecule has 0 saturated carbocycles. The Bertz CT molecular complexity index is 459. The molecule has 0 aliphatic carbocycles. The number of hydrogen-bond donors (Lipinski definition) is 1. The molecule has 0 aliphatic rings. The van der Waals surface area contributed by atoms with Crippen LogP contribution in [0.1, 0.15) is 30.0 Å². The molecule has 0 bridgehead atoms. The van der Waals surface area contributed by atoms with Crippen LogP contribution < -0.4 is 5.32 Å². The van der Waals surface area contributed by atoms with Gasteiger partial charge in [-0.2, -0.15) is 5.10 Å². The Morgan fingerprint density at radius 3 is 2.94 bits per heavy atom. The number of aromatic nitrogens is 2. The summed E-state index contributed by atoms with van der Waals surface area (Å²) < 4.78 is 7.15. The van der Waals surface area contributed by atoms with Crippen LogP contribution in [0.4, 0.5) is 0 Å². The number of nitrogens with zero attached hydrogens (tertiary/aromatic N) is 2. The molecular weight excluding hydrogens is 214 g/mol. The molecule has 4 nitrogen and oxygen atoms in total. The van der Waals surface area contributed by atoms with Gasteiger partial charge in [-0.25, -0.2) is 0 Å². The van der Waals surface area contributed by atoms with Gasteiger partial charge < -0.3 is 9.73 Å². The van der Waals surface area contributed by atoms with Gasteiger partial charge in [0.1, 0.15) is 5.76 Å². The van der Waals surface area contributed by atoms with Gasteiger partial charge >= 0.3 is 0 Å². The minimum atomic E-state index is 0.318. The summed E-state index contributed by atoms with van der Waals surface area (Å²) in [6, 6.07) is 4.24. The molecule has 1 unspecified atom stereocenters. The van der Waals surface area contributed by atoms with Gasteiger partial charge in [0.05, 0.1) is 12.0 Å². The van der Waals surface area contributed by atoms with Crippen LogP contribution in [0.15, 0.2) is 29.0 Å². The van der Waals surface area contributed by atoms with Gasteiger partial charge in [0.15, 0.2) is 0 Å². The maximum atomic E-state index is 5.29. The van der Waals surface area contributed by atoms with Crippen molar-refractivity contribution < 1.29 is 4.42 Å². The molecule has 2 rings (SSSR count). The quantitative estimate of drug-likeness (QED) is 0.861. The molecule has 1 atom stereocenters. The Morgan fingerprint density at radius 2 is 2.35 bits per heavy atom. The first-order chi connectivity index (χ1) is 8.16. The Hall–Kier alpha value is -1.55. The van der Waals surface area contributed by atoms with Crippen molar-refractivity contribution in [2.45, 2.75) is 26.3 Å². The minimum Gasteiger partial charge on any atom is -0.469 e. The van der Waals surface area contributed by atoms with E-state index in [4.69, 9.17) is 4.42 Å². The molecule has 17 heavy (non-hydrogen) atoms. The number of aryl methyl sites for hydroxylation is 2. The Balaban J connectivity index is 1.85. The molecular formula is C13H19N3O. The average Bonchev–Trinajstić information content (AvgIpc) is 2.88. The van der Waals surface area contributed by atoms with Gasteiger partial charge in [0.25, 0.3) is 0 Å². The standard InChI is InChI=1S/C13H19N3O/c1-10(13-9-16(3)15-11(13)2)14-7-6-12-5-4-8-17-12/h4-5,8-10,14H,6-7H2,1-3H3. The van der Waals surface area contributed by atoms with Gasteiger partial charge in [-0.15, -0.1) is 0 Å². The first-order valence-electron chi connectivity index (χ1n) is 5.92. The molecule has 0 saturated heterocycles. The summed E-state index contributed by atoms with van der Waals surface area (Å²) in [5.41, 5.74) is 2.34. The van der Waals surface area contributed by atoms with E-state index in [0.29, 0.717) is 6.04 Å². The van der Waals surface area contributed by atoms with E-state index in [2.05, 4.69) is 23.5 Å². The predicted octanol–water partition coefficient (Wildman–Crippen LogP) is 2.21. The zero-order valence-corrected chi connectivity index (χ0v) is 10.6. The van der Waals surface area contributed by atoms with Crippen LogP contribution in [0, 0.1) is 6.92 Å². The monoisotopic (exact) mass is 233 g/mol. The van der Waals surface area contributed by atoms with Gasteiger partial charge in [0.2, 0.25) is 0 Å². The molecule has 0 amide bonds. The minimum absolute atomic E-state index is 0.318. The highest BCUT2D eigenvalue weighted by atomic mass is 16.3. The zero-order chi connectivity index (χ0) is 12.3. The second-order valence-corrected chi connectivity index (χ2v) is 4.35. The van der Waals surface area contributed by atoms with Gasteiger partial charge in [0, 0.05) is 37.8 Å². The number of rotatable bonds is 5. The fraction of sp³-hybridized carbons (Fsp3) is 0.462. The topological polar surface area (TPSA) is 43.0 Å². The zero-order valence-electron chi connectivity index (χ0n) is 10.6. The largest absolute Gasteiger partial charge is 0.469 e. The van der Waals surface area contributed by atoms with E-state index in [0.717, 1.165) is 24.4 Å². The number of hydrogen-bond acceptors (Lipinski definition) is 3. The van der Waals surface area contributed by atoms with Crippen LogP contribution in [0.3, 0.4) is 0 Å². The molecule has 1 N–H and O–H groups in total. The highest BCUT2D eigenvalue weighted by Gasteiger charge is 2.10. The van der Waals surface area contributed by atoms with Crippen molar-refractivity contribution in [3.63, 3.8) is 0 Å². The Morgan fingerprint density at radius 1 is 1.53 bits per heavy atom. The summed E-state index contributed by atoms with van der Waals surface area (Å²) in [5, 5.41) is 7.83. The third kappa shape index (κ3) is 2.97. The fourth-order valence-corrected chi connectivity index (χ4v) is 2.02. The lowest BCUT2D eigenvalue weighted by molar-refractivity contribution is 0.485. The molecule has 92 valence electrons. The van der Waals surface area contributed by atoms with E-state index >= 15 is 0 Å². The van der Waals surface area contributed by atoms with Crippen LogP contribution in [0.2, 0.25) is 0 Å². The molecule has 2 aromatic rings. The van der Waals surface area contributed by atoms with Gasteiger partial charge in [-0.05, 0) is 26.0 Å². The smallest absolute Gasteiger partial charge is 0.105 e. The van der Waals surface area contributed by atoms with E-state index in [1.807, 2.05) is 30.8 Å². The fourth-order valence-electron chi connectivity index (χ4n) is 2.02. The highest BCUT2D eigenvalue weighted by Crippen LogP contribution is 2.15. The molecule has 0 aromatic carbocycles. The van der Waals surface area contributed by atoms with Crippen molar-refractivity contribution in [3.8, 4) is 0 Å². The average molecular weight is 233 g/mol. The third-order valence-electron chi connectivity index (χ3n) is 2.92. The second kappa shape index (κ2) is 5.19. The molecule has 2 aromatic heterocycles. The molecule has 0 spiro atoms. The maximum Gasteiger partial charge on any atom is 0.105 e. The molecule has 4 heteroatoms. The lowest BCUT2D eigenvalue weighted by Crippen LogP contribution is -2.21. The summed E-state index contributed by atoms with van der Waals surface area (Å²) in [4.78, 5) is 0. The van der Waals surface area contributed by atoms with Crippen LogP contribution in [0.5, 0.6) is 0 Å². The number of nitrogens with one attached hydrogen (secondary N) is 1. The van der Waals surface area contributed by atoms with E-state index in [9.17, 15) is 0 Å². The number of furan rings is 1. The highest BCUT2D eigenvalue weighted by molar-refractivity contribution is 5.19. The van der Waals surface area contributed by atoms with Crippen molar-refractivity contribution >= 4 is 0 Å². The summed E-state index contributed by atoms with van der Waals surface area (Å²) in [6.45, 7) is 5.11. The SMILES string of the molecule is Cc1nn(C)cc1C(C)NCCc1ccco1. The predicted molar refractivity (Wildman–Crippen MR) is 66.8 cm³/mol. The van der Waals surface area contributed by atoms with Crippen LogP contribution in [-0.4, -0.2) is 16.3 Å². The van der Waals surface area contributed by atoms with Crippen LogP contribution in [-0.2, 0) is 13.5 Å². The van der Waals surface area contributed by atoms with Crippen molar-refractivity contribution in [2.75, 3.05) is 6.54 Å². The van der Waals surface area contributed by atoms with Gasteiger partial charge in [-0.1, -0.05) is 0 Å². The first kappa shape index (κ1) is 11.9. The summed E-state index contributed by atoms with van der Waals surface area (Å²) >= 11 is 0. The summed E-state index contributed by atoms with van der Waals surface area (Å²) in [6.07, 6.45) is 4.70. The first-order valence-corrected chi connectivity index (χ1v) is 5.92. The summed E-state index contributed by atoms with van der Waals surface area (Å²) in [5.74, 6) is 1.02. The lowest BCUT2D eigenvalue weighted by Gasteiger charge is -2.12. The van der Waals surface area contributed by atoms with Crippen molar-refractivity contribution in [3.05, 3.63) is 41.6 Å². The van der Waals surface area contributed by atoms with E-state index in [1.54, 1.807) is 6.26 Å². The molecule has 0 fully saturated rings. The molecule has 0 aliphatic heterocycles. The Kier molecular flexibility index (Phi) is 3.64. The second-order valence-electron chi connectivity index (χ2n) is 4.35. The molecule has 0 radical (unpaired) electrons. The van der Waals surface area contributed by atoms with E-state index in [1.165, 1.54) is 5.56 Å². The van der Waals surface area contributed by atoms with Gasteiger partial charge in [-0.3, -0.25) is 4.68 Å². The molecule has 2 heterocycles. The van der Waals surface area contributed by atoms with Crippen LogP contribution >= 0.6 is 0 Å². The van der Waals surface area contributed by atoms with Crippen molar-refractivity contribution in [1.29, 1.82) is 0 Å². The van der Waals surface area contributed by atoms with E-state index in [-0.39, 0.29) is 0 Å². The third-order valence-corrected chi connectivity index (χ3v) is 2.92. The lowest BCUT2D eigenvalue weighted by atomic mass is 10.1. The van der Waals surface area contributed by atoms with E-state index < -0.39 is 0 Å². The normalized spacial score (nSPS) is 12.9. The van der Waals surface area contributed by atoms with Crippen molar-refractivity contribution in [2.24, 2.45) is 7.05 Å². The van der Waals surface area contributed by atoms with Crippen molar-refractivity contribution in [1.82, 2.24) is 15.1 Å². The van der Waals surface area contributed by atoms with Crippen LogP contribution in [0.25, 0.3) is 0 Å². The summed E-state index contributed by atoms with van der Waals surface area (Å²) in [7, 11) is 1.95. The maximum absolute atomic E-state index is 5.29. The Labute approximate surface area is 102 Å².